The smallest absolute Gasteiger partial charge is 0.0750 e. The van der Waals surface area contributed by atoms with E-state index in [2.05, 4.69) is 28.9 Å². The van der Waals surface area contributed by atoms with E-state index in [-0.39, 0.29) is 0 Å². The third-order valence-electron chi connectivity index (χ3n) is 3.80. The first-order valence-corrected chi connectivity index (χ1v) is 7.56. The quantitative estimate of drug-likeness (QED) is 0.857. The summed E-state index contributed by atoms with van der Waals surface area (Å²) in [6.45, 7) is 4.87. The fourth-order valence-corrected chi connectivity index (χ4v) is 3.08. The van der Waals surface area contributed by atoms with Crippen LogP contribution in [0.4, 0.5) is 5.69 Å². The van der Waals surface area contributed by atoms with Crippen molar-refractivity contribution in [1.82, 2.24) is 4.98 Å². The zero-order valence-electron chi connectivity index (χ0n) is 11.7. The molecule has 0 amide bonds. The van der Waals surface area contributed by atoms with Crippen LogP contribution in [0.3, 0.4) is 0 Å². The minimum atomic E-state index is 0.337. The van der Waals surface area contributed by atoms with Gasteiger partial charge in [-0.25, -0.2) is 0 Å². The molecule has 0 radical (unpaired) electrons. The fraction of sp³-hybridized carbons (Fsp3) is 0.438. The lowest BCUT2D eigenvalue weighted by atomic mass is 10.1. The number of rotatable bonds is 3. The molecule has 1 unspecified atom stereocenters. The van der Waals surface area contributed by atoms with Crippen LogP contribution in [0, 0.1) is 0 Å². The highest BCUT2D eigenvalue weighted by molar-refractivity contribution is 6.31. The Balaban J connectivity index is 1.93. The summed E-state index contributed by atoms with van der Waals surface area (Å²) in [4.78, 5) is 6.82. The van der Waals surface area contributed by atoms with Gasteiger partial charge in [-0.1, -0.05) is 11.6 Å². The number of ether oxygens (including phenoxy) is 1. The second-order valence-electron chi connectivity index (χ2n) is 5.16. The van der Waals surface area contributed by atoms with Gasteiger partial charge in [0, 0.05) is 42.0 Å². The zero-order valence-corrected chi connectivity index (χ0v) is 12.4. The Morgan fingerprint density at radius 1 is 1.40 bits per heavy atom. The molecule has 3 nitrogen and oxygen atoms in total. The Kier molecular flexibility index (Phi) is 4.08. The van der Waals surface area contributed by atoms with Crippen LogP contribution in [0.25, 0.3) is 10.9 Å². The maximum atomic E-state index is 6.05. The molecule has 3 rings (SSSR count). The number of aromatic nitrogens is 1. The molecule has 2 heterocycles. The Labute approximate surface area is 124 Å². The van der Waals surface area contributed by atoms with Crippen molar-refractivity contribution in [2.45, 2.75) is 25.9 Å². The molecule has 0 spiro atoms. The van der Waals surface area contributed by atoms with Gasteiger partial charge in [0.15, 0.2) is 0 Å². The van der Waals surface area contributed by atoms with Crippen molar-refractivity contribution in [3.63, 3.8) is 0 Å². The number of benzene rings is 1. The molecule has 1 aliphatic heterocycles. The van der Waals surface area contributed by atoms with Gasteiger partial charge in [0.1, 0.15) is 0 Å². The van der Waals surface area contributed by atoms with Crippen molar-refractivity contribution in [3.8, 4) is 0 Å². The van der Waals surface area contributed by atoms with E-state index in [4.69, 9.17) is 16.3 Å². The molecule has 1 atom stereocenters. The molecule has 106 valence electrons. The molecule has 0 saturated carbocycles. The van der Waals surface area contributed by atoms with Gasteiger partial charge in [-0.2, -0.15) is 0 Å². The fourth-order valence-electron chi connectivity index (χ4n) is 2.91. The maximum Gasteiger partial charge on any atom is 0.0750 e. The van der Waals surface area contributed by atoms with Gasteiger partial charge < -0.3 is 9.64 Å². The Morgan fingerprint density at radius 3 is 3.15 bits per heavy atom. The zero-order chi connectivity index (χ0) is 13.9. The maximum absolute atomic E-state index is 6.05. The van der Waals surface area contributed by atoms with E-state index < -0.39 is 0 Å². The number of halogens is 1. The van der Waals surface area contributed by atoms with Gasteiger partial charge in [0.05, 0.1) is 11.6 Å². The number of nitrogens with zero attached hydrogens (tertiary/aromatic N) is 2. The van der Waals surface area contributed by atoms with Crippen molar-refractivity contribution in [2.75, 3.05) is 24.6 Å². The summed E-state index contributed by atoms with van der Waals surface area (Å²) in [7, 11) is 0. The predicted octanol–water partition coefficient (Wildman–Crippen LogP) is 3.89. The molecule has 20 heavy (non-hydrogen) atoms. The van der Waals surface area contributed by atoms with Crippen LogP contribution < -0.4 is 4.90 Å². The van der Waals surface area contributed by atoms with E-state index in [1.807, 2.05) is 18.3 Å². The first kappa shape index (κ1) is 13.7. The van der Waals surface area contributed by atoms with Gasteiger partial charge >= 0.3 is 0 Å². The molecule has 1 fully saturated rings. The van der Waals surface area contributed by atoms with Crippen molar-refractivity contribution in [2.24, 2.45) is 0 Å². The van der Waals surface area contributed by atoms with Crippen molar-refractivity contribution in [1.29, 1.82) is 0 Å². The van der Waals surface area contributed by atoms with Crippen LogP contribution in [0.1, 0.15) is 19.8 Å². The highest BCUT2D eigenvalue weighted by Gasteiger charge is 2.21. The second kappa shape index (κ2) is 5.98. The lowest BCUT2D eigenvalue weighted by Crippen LogP contribution is -2.39. The lowest BCUT2D eigenvalue weighted by molar-refractivity contribution is 0.0527. The number of piperidine rings is 1. The van der Waals surface area contributed by atoms with Gasteiger partial charge in [-0.3, -0.25) is 4.98 Å². The van der Waals surface area contributed by atoms with Crippen molar-refractivity contribution < 1.29 is 4.74 Å². The van der Waals surface area contributed by atoms with E-state index in [0.29, 0.717) is 6.10 Å². The van der Waals surface area contributed by atoms with Crippen LogP contribution in [0.15, 0.2) is 30.5 Å². The van der Waals surface area contributed by atoms with Crippen LogP contribution >= 0.6 is 11.6 Å². The van der Waals surface area contributed by atoms with Gasteiger partial charge in [0.25, 0.3) is 0 Å². The summed E-state index contributed by atoms with van der Waals surface area (Å²) in [5.74, 6) is 0. The normalized spacial score (nSPS) is 19.5. The Morgan fingerprint density at radius 2 is 2.30 bits per heavy atom. The summed E-state index contributed by atoms with van der Waals surface area (Å²) in [6.07, 6.45) is 4.52. The number of fused-ring (bicyclic) bond motifs is 1. The highest BCUT2D eigenvalue weighted by Crippen LogP contribution is 2.29. The molecule has 0 aliphatic carbocycles. The Hall–Kier alpha value is -1.32. The van der Waals surface area contributed by atoms with E-state index in [9.17, 15) is 0 Å². The van der Waals surface area contributed by atoms with E-state index in [1.54, 1.807) is 0 Å². The average Bonchev–Trinajstić information content (AvgIpc) is 2.47. The van der Waals surface area contributed by atoms with E-state index >= 15 is 0 Å². The molecular weight excluding hydrogens is 272 g/mol. The summed E-state index contributed by atoms with van der Waals surface area (Å²) >= 11 is 6.05. The minimum absolute atomic E-state index is 0.337. The second-order valence-corrected chi connectivity index (χ2v) is 5.59. The molecule has 1 aromatic carbocycles. The molecule has 0 bridgehead atoms. The van der Waals surface area contributed by atoms with E-state index in [1.165, 1.54) is 12.1 Å². The first-order valence-electron chi connectivity index (χ1n) is 7.18. The molecule has 0 N–H and O–H groups in total. The number of pyridine rings is 1. The van der Waals surface area contributed by atoms with Crippen LogP contribution in [0.2, 0.25) is 5.02 Å². The molecule has 1 aromatic heterocycles. The molecule has 2 aromatic rings. The summed E-state index contributed by atoms with van der Waals surface area (Å²) in [5, 5.41) is 1.89. The van der Waals surface area contributed by atoms with Crippen molar-refractivity contribution in [3.05, 3.63) is 35.5 Å². The highest BCUT2D eigenvalue weighted by atomic mass is 35.5. The summed E-state index contributed by atoms with van der Waals surface area (Å²) in [5.41, 5.74) is 2.18. The van der Waals surface area contributed by atoms with Crippen LogP contribution in [0.5, 0.6) is 0 Å². The number of hydrogen-bond donors (Lipinski definition) is 0. The third kappa shape index (κ3) is 2.74. The topological polar surface area (TPSA) is 25.4 Å². The molecular formula is C16H19ClN2O. The number of hydrogen-bond acceptors (Lipinski definition) is 3. The van der Waals surface area contributed by atoms with Gasteiger partial charge in [0.2, 0.25) is 0 Å². The molecule has 1 saturated heterocycles. The SMILES string of the molecule is CCOC1CCCN(c2ccnc3cc(Cl)ccc23)C1. The summed E-state index contributed by atoms with van der Waals surface area (Å²) in [6, 6.07) is 8.00. The average molecular weight is 291 g/mol. The third-order valence-corrected chi connectivity index (χ3v) is 4.04. The van der Waals surface area contributed by atoms with Crippen LogP contribution in [-0.4, -0.2) is 30.8 Å². The van der Waals surface area contributed by atoms with Crippen LogP contribution in [-0.2, 0) is 4.74 Å². The molecule has 1 aliphatic rings. The Bertz CT molecular complexity index is 600. The van der Waals surface area contributed by atoms with Gasteiger partial charge in [-0.05, 0) is 44.0 Å². The van der Waals surface area contributed by atoms with Crippen molar-refractivity contribution >= 4 is 28.2 Å². The first-order chi connectivity index (χ1) is 9.78. The lowest BCUT2D eigenvalue weighted by Gasteiger charge is -2.34. The number of anilines is 1. The predicted molar refractivity (Wildman–Crippen MR) is 83.6 cm³/mol. The largest absolute Gasteiger partial charge is 0.377 e. The minimum Gasteiger partial charge on any atom is -0.377 e. The van der Waals surface area contributed by atoms with E-state index in [0.717, 1.165) is 42.0 Å². The standard InChI is InChI=1S/C16H19ClN2O/c1-2-20-13-4-3-9-19(11-13)16-7-8-18-15-10-12(17)5-6-14(15)16/h5-8,10,13H,2-4,9,11H2,1H3. The summed E-state index contributed by atoms with van der Waals surface area (Å²) < 4.78 is 5.79. The van der Waals surface area contributed by atoms with Gasteiger partial charge in [-0.15, -0.1) is 0 Å². The monoisotopic (exact) mass is 290 g/mol. The molecule has 4 heteroatoms.